The first-order valence-electron chi connectivity index (χ1n) is 9.74. The average molecular weight is 442 g/mol. The van der Waals surface area contributed by atoms with Gasteiger partial charge in [0.15, 0.2) is 0 Å². The number of hydrazone groups is 1. The Balaban J connectivity index is 1.71. The topological polar surface area (TPSA) is 97.5 Å². The van der Waals surface area contributed by atoms with Gasteiger partial charge >= 0.3 is 5.69 Å². The van der Waals surface area contributed by atoms with Crippen LogP contribution in [0.4, 0.5) is 0 Å². The zero-order valence-corrected chi connectivity index (χ0v) is 18.5. The number of halogens is 1. The summed E-state index contributed by atoms with van der Waals surface area (Å²) in [5, 5.41) is 7.04. The van der Waals surface area contributed by atoms with Gasteiger partial charge in [0.2, 0.25) is 0 Å². The van der Waals surface area contributed by atoms with Gasteiger partial charge in [0.05, 0.1) is 27.8 Å². The number of nitrogens with zero attached hydrogens (tertiary/aromatic N) is 3. The van der Waals surface area contributed by atoms with Crippen molar-refractivity contribution in [1.29, 1.82) is 0 Å². The van der Waals surface area contributed by atoms with Crippen LogP contribution in [0.3, 0.4) is 0 Å². The fourth-order valence-electron chi connectivity index (χ4n) is 3.24. The molecule has 0 saturated carbocycles. The first-order chi connectivity index (χ1) is 14.7. The molecule has 8 nitrogen and oxygen atoms in total. The van der Waals surface area contributed by atoms with Crippen molar-refractivity contribution in [3.8, 4) is 0 Å². The highest BCUT2D eigenvalue weighted by molar-refractivity contribution is 6.33. The summed E-state index contributed by atoms with van der Waals surface area (Å²) in [6, 6.07) is 11.3. The number of fused-ring (bicyclic) bond motifs is 1. The molecule has 0 aliphatic carbocycles. The molecule has 0 spiro atoms. The third kappa shape index (κ3) is 4.69. The molecular weight excluding hydrogens is 418 g/mol. The Morgan fingerprint density at radius 3 is 2.42 bits per heavy atom. The van der Waals surface area contributed by atoms with Gasteiger partial charge in [-0.05, 0) is 35.7 Å². The Morgan fingerprint density at radius 1 is 1.06 bits per heavy atom. The number of carbonyl (C=O) groups excluding carboxylic acids is 2. The molecule has 1 aromatic heterocycles. The summed E-state index contributed by atoms with van der Waals surface area (Å²) in [7, 11) is 3.41. The highest BCUT2D eigenvalue weighted by Crippen LogP contribution is 2.16. The molecule has 1 unspecified atom stereocenters. The van der Waals surface area contributed by atoms with Crippen molar-refractivity contribution in [2.75, 3.05) is 0 Å². The van der Waals surface area contributed by atoms with E-state index in [4.69, 9.17) is 11.6 Å². The van der Waals surface area contributed by atoms with Crippen LogP contribution >= 0.6 is 11.6 Å². The Kier molecular flexibility index (Phi) is 6.60. The number of amides is 2. The van der Waals surface area contributed by atoms with Crippen molar-refractivity contribution in [3.05, 3.63) is 69.1 Å². The van der Waals surface area contributed by atoms with Crippen LogP contribution < -0.4 is 16.4 Å². The third-order valence-corrected chi connectivity index (χ3v) is 5.37. The molecule has 0 saturated heterocycles. The minimum atomic E-state index is -0.793. The van der Waals surface area contributed by atoms with Crippen molar-refractivity contribution < 1.29 is 9.59 Å². The maximum atomic E-state index is 12.6. The van der Waals surface area contributed by atoms with Gasteiger partial charge in [0.1, 0.15) is 6.04 Å². The fraction of sp³-hybridized carbons (Fsp3) is 0.273. The Labute approximate surface area is 184 Å². The fourth-order valence-corrected chi connectivity index (χ4v) is 3.46. The molecule has 0 bridgehead atoms. The van der Waals surface area contributed by atoms with Crippen molar-refractivity contribution in [2.24, 2.45) is 25.1 Å². The molecule has 2 aromatic carbocycles. The van der Waals surface area contributed by atoms with Crippen LogP contribution in [0.5, 0.6) is 0 Å². The SMILES string of the molecule is CC(C)C(NC(=O)c1ccccc1Cl)C(=O)NN=Cc1ccc2c(c1)n(C)c(=O)n2C. The van der Waals surface area contributed by atoms with Gasteiger partial charge in [0.25, 0.3) is 11.8 Å². The summed E-state index contributed by atoms with van der Waals surface area (Å²) in [5.74, 6) is -1.05. The number of hydrogen-bond acceptors (Lipinski definition) is 4. The predicted octanol–water partition coefficient (Wildman–Crippen LogP) is 2.44. The van der Waals surface area contributed by atoms with Gasteiger partial charge in [0, 0.05) is 14.1 Å². The van der Waals surface area contributed by atoms with Crippen molar-refractivity contribution in [1.82, 2.24) is 19.9 Å². The molecule has 9 heteroatoms. The largest absolute Gasteiger partial charge is 0.340 e. The average Bonchev–Trinajstić information content (AvgIpc) is 2.95. The number of rotatable bonds is 6. The number of aryl methyl sites for hydroxylation is 2. The Hall–Kier alpha value is -3.39. The van der Waals surface area contributed by atoms with E-state index < -0.39 is 17.9 Å². The van der Waals surface area contributed by atoms with Crippen LogP contribution in [-0.4, -0.2) is 33.2 Å². The standard InChI is InChI=1S/C22H24ClN5O3/c1-13(2)19(25-20(29)15-7-5-6-8-16(15)23)21(30)26-24-12-14-9-10-17-18(11-14)28(4)22(31)27(17)3/h5-13,19H,1-4H3,(H,25,29)(H,26,30). The zero-order chi connectivity index (χ0) is 22.7. The Bertz CT molecular complexity index is 1230. The molecule has 2 N–H and O–H groups in total. The van der Waals surface area contributed by atoms with E-state index in [2.05, 4.69) is 15.8 Å². The van der Waals surface area contributed by atoms with Crippen LogP contribution in [0, 0.1) is 5.92 Å². The smallest absolute Gasteiger partial charge is 0.328 e. The van der Waals surface area contributed by atoms with Gasteiger partial charge in [-0.25, -0.2) is 10.2 Å². The molecule has 1 atom stereocenters. The van der Waals surface area contributed by atoms with Gasteiger partial charge < -0.3 is 5.32 Å². The van der Waals surface area contributed by atoms with Crippen LogP contribution in [0.1, 0.15) is 29.8 Å². The lowest BCUT2D eigenvalue weighted by atomic mass is 10.0. The molecule has 1 heterocycles. The number of hydrogen-bond donors (Lipinski definition) is 2. The van der Waals surface area contributed by atoms with E-state index in [9.17, 15) is 14.4 Å². The number of aromatic nitrogens is 2. The molecule has 0 fully saturated rings. The Morgan fingerprint density at radius 2 is 1.74 bits per heavy atom. The molecule has 31 heavy (non-hydrogen) atoms. The van der Waals surface area contributed by atoms with Crippen LogP contribution in [0.25, 0.3) is 11.0 Å². The molecule has 0 radical (unpaired) electrons. The second kappa shape index (κ2) is 9.18. The van der Waals surface area contributed by atoms with Gasteiger partial charge in [-0.2, -0.15) is 5.10 Å². The molecule has 2 amide bonds. The first kappa shape index (κ1) is 22.3. The lowest BCUT2D eigenvalue weighted by Crippen LogP contribution is -2.48. The second-order valence-electron chi connectivity index (χ2n) is 7.56. The van der Waals surface area contributed by atoms with Crippen molar-refractivity contribution in [2.45, 2.75) is 19.9 Å². The molecule has 3 aromatic rings. The van der Waals surface area contributed by atoms with Gasteiger partial charge in [-0.3, -0.25) is 18.7 Å². The summed E-state index contributed by atoms with van der Waals surface area (Å²) >= 11 is 6.07. The van der Waals surface area contributed by atoms with Gasteiger partial charge in [-0.15, -0.1) is 0 Å². The molecule has 0 aliphatic rings. The van der Waals surface area contributed by atoms with Crippen molar-refractivity contribution >= 4 is 40.7 Å². The lowest BCUT2D eigenvalue weighted by molar-refractivity contribution is -0.123. The van der Waals surface area contributed by atoms with E-state index in [0.29, 0.717) is 10.6 Å². The number of benzene rings is 2. The molecular formula is C22H24ClN5O3. The monoisotopic (exact) mass is 441 g/mol. The van der Waals surface area contributed by atoms with E-state index in [1.165, 1.54) is 6.21 Å². The molecule has 162 valence electrons. The van der Waals surface area contributed by atoms with Crippen LogP contribution in [0.2, 0.25) is 5.02 Å². The van der Waals surface area contributed by atoms with E-state index in [1.807, 2.05) is 26.0 Å². The number of carbonyl (C=O) groups is 2. The van der Waals surface area contributed by atoms with Crippen molar-refractivity contribution in [3.63, 3.8) is 0 Å². The van der Waals surface area contributed by atoms with E-state index in [1.54, 1.807) is 53.6 Å². The summed E-state index contributed by atoms with van der Waals surface area (Å²) in [6.45, 7) is 3.65. The third-order valence-electron chi connectivity index (χ3n) is 5.04. The van der Waals surface area contributed by atoms with Gasteiger partial charge in [-0.1, -0.05) is 43.6 Å². The summed E-state index contributed by atoms with van der Waals surface area (Å²) in [5.41, 5.74) is 4.93. The quantitative estimate of drug-likeness (QED) is 0.454. The highest BCUT2D eigenvalue weighted by atomic mass is 35.5. The maximum Gasteiger partial charge on any atom is 0.328 e. The predicted molar refractivity (Wildman–Crippen MR) is 121 cm³/mol. The lowest BCUT2D eigenvalue weighted by Gasteiger charge is -2.20. The normalized spacial score (nSPS) is 12.5. The number of nitrogens with one attached hydrogen (secondary N) is 2. The van der Waals surface area contributed by atoms with E-state index in [-0.39, 0.29) is 11.6 Å². The molecule has 0 aliphatic heterocycles. The number of imidazole rings is 1. The summed E-state index contributed by atoms with van der Waals surface area (Å²) in [6.07, 6.45) is 1.49. The zero-order valence-electron chi connectivity index (χ0n) is 17.7. The minimum Gasteiger partial charge on any atom is -0.340 e. The summed E-state index contributed by atoms with van der Waals surface area (Å²) in [4.78, 5) is 37.2. The van der Waals surface area contributed by atoms with Crippen LogP contribution in [-0.2, 0) is 18.9 Å². The molecule has 3 rings (SSSR count). The summed E-state index contributed by atoms with van der Waals surface area (Å²) < 4.78 is 3.11. The maximum absolute atomic E-state index is 12.6. The second-order valence-corrected chi connectivity index (χ2v) is 7.97. The van der Waals surface area contributed by atoms with E-state index >= 15 is 0 Å². The minimum absolute atomic E-state index is 0.119. The van der Waals surface area contributed by atoms with E-state index in [0.717, 1.165) is 16.6 Å². The highest BCUT2D eigenvalue weighted by Gasteiger charge is 2.25. The van der Waals surface area contributed by atoms with Crippen LogP contribution in [0.15, 0.2) is 52.4 Å². The first-order valence-corrected chi connectivity index (χ1v) is 10.1.